The van der Waals surface area contributed by atoms with Crippen molar-refractivity contribution < 1.29 is 9.90 Å². The fourth-order valence-corrected chi connectivity index (χ4v) is 2.83. The quantitative estimate of drug-likeness (QED) is 0.765. The zero-order chi connectivity index (χ0) is 13.4. The van der Waals surface area contributed by atoms with Crippen LogP contribution in [0.1, 0.15) is 15.9 Å². The van der Waals surface area contributed by atoms with Gasteiger partial charge in [0.15, 0.2) is 0 Å². The lowest BCUT2D eigenvalue weighted by molar-refractivity contribution is 0.0697. The number of aromatic carboxylic acids is 1. The van der Waals surface area contributed by atoms with Crippen LogP contribution in [0.25, 0.3) is 20.8 Å². The smallest absolute Gasteiger partial charge is 0.335 e. The molecule has 0 bridgehead atoms. The lowest BCUT2D eigenvalue weighted by Gasteiger charge is -1.95. The molecule has 0 saturated carbocycles. The first-order chi connectivity index (χ1) is 9.13. The summed E-state index contributed by atoms with van der Waals surface area (Å²) in [6.07, 6.45) is 0. The Balaban J connectivity index is 2.11. The molecule has 3 rings (SSSR count). The van der Waals surface area contributed by atoms with Crippen LogP contribution >= 0.6 is 11.3 Å². The maximum Gasteiger partial charge on any atom is 0.335 e. The molecule has 94 valence electrons. The minimum absolute atomic E-state index is 0.272. The van der Waals surface area contributed by atoms with Crippen molar-refractivity contribution in [3.05, 3.63) is 53.6 Å². The van der Waals surface area contributed by atoms with Gasteiger partial charge in [-0.05, 0) is 25.1 Å². The van der Waals surface area contributed by atoms with Gasteiger partial charge in [-0.1, -0.05) is 29.8 Å². The van der Waals surface area contributed by atoms with Gasteiger partial charge in [0.2, 0.25) is 0 Å². The average Bonchev–Trinajstić information content (AvgIpc) is 2.82. The van der Waals surface area contributed by atoms with E-state index < -0.39 is 5.97 Å². The van der Waals surface area contributed by atoms with E-state index in [0.717, 1.165) is 20.8 Å². The highest BCUT2D eigenvalue weighted by Gasteiger charge is 2.09. The fraction of sp³-hybridized carbons (Fsp3) is 0.0667. The van der Waals surface area contributed by atoms with Gasteiger partial charge in [-0.25, -0.2) is 9.78 Å². The van der Waals surface area contributed by atoms with Gasteiger partial charge in [-0.15, -0.1) is 11.3 Å². The Morgan fingerprint density at radius 3 is 2.58 bits per heavy atom. The second kappa shape index (κ2) is 4.48. The third-order valence-corrected chi connectivity index (χ3v) is 4.02. The van der Waals surface area contributed by atoms with Crippen molar-refractivity contribution in [1.29, 1.82) is 0 Å². The van der Waals surface area contributed by atoms with Crippen LogP contribution in [0.2, 0.25) is 0 Å². The molecule has 0 aliphatic heterocycles. The number of carboxylic acid groups (broad SMARTS) is 1. The summed E-state index contributed by atoms with van der Waals surface area (Å²) in [5.41, 5.74) is 3.27. The van der Waals surface area contributed by atoms with Crippen LogP contribution in [0.5, 0.6) is 0 Å². The van der Waals surface area contributed by atoms with E-state index in [-0.39, 0.29) is 5.56 Å². The second-order valence-corrected chi connectivity index (χ2v) is 5.40. The van der Waals surface area contributed by atoms with E-state index >= 15 is 0 Å². The summed E-state index contributed by atoms with van der Waals surface area (Å²) in [6.45, 7) is 2.04. The molecule has 3 aromatic rings. The molecule has 0 amide bonds. The highest BCUT2D eigenvalue weighted by atomic mass is 32.1. The molecule has 19 heavy (non-hydrogen) atoms. The van der Waals surface area contributed by atoms with Gasteiger partial charge in [0.1, 0.15) is 5.01 Å². The van der Waals surface area contributed by atoms with E-state index in [2.05, 4.69) is 4.98 Å². The number of carbonyl (C=O) groups is 1. The topological polar surface area (TPSA) is 50.2 Å². The highest BCUT2D eigenvalue weighted by molar-refractivity contribution is 7.21. The number of nitrogens with zero attached hydrogens (tertiary/aromatic N) is 1. The number of aromatic nitrogens is 1. The molecule has 0 saturated heterocycles. The molecule has 0 atom stereocenters. The van der Waals surface area contributed by atoms with Gasteiger partial charge in [0, 0.05) is 5.56 Å². The van der Waals surface area contributed by atoms with Gasteiger partial charge in [0.25, 0.3) is 0 Å². The largest absolute Gasteiger partial charge is 0.478 e. The number of benzene rings is 2. The molecule has 1 aromatic heterocycles. The van der Waals surface area contributed by atoms with Gasteiger partial charge < -0.3 is 5.11 Å². The molecule has 1 N–H and O–H groups in total. The normalized spacial score (nSPS) is 10.8. The van der Waals surface area contributed by atoms with E-state index in [1.165, 1.54) is 5.56 Å². The zero-order valence-corrected chi connectivity index (χ0v) is 11.1. The Morgan fingerprint density at radius 2 is 1.89 bits per heavy atom. The second-order valence-electron chi connectivity index (χ2n) is 4.37. The van der Waals surface area contributed by atoms with Crippen molar-refractivity contribution in [2.45, 2.75) is 6.92 Å². The number of carboxylic acids is 1. The van der Waals surface area contributed by atoms with Crippen LogP contribution in [0.3, 0.4) is 0 Å². The van der Waals surface area contributed by atoms with Crippen molar-refractivity contribution in [2.75, 3.05) is 0 Å². The fourth-order valence-electron chi connectivity index (χ4n) is 1.88. The third kappa shape index (κ3) is 2.22. The molecule has 0 aliphatic carbocycles. The number of rotatable bonds is 2. The van der Waals surface area contributed by atoms with E-state index in [1.807, 2.05) is 37.3 Å². The minimum atomic E-state index is -0.924. The van der Waals surface area contributed by atoms with Crippen molar-refractivity contribution in [2.24, 2.45) is 0 Å². The molecular formula is C15H11NO2S. The summed E-state index contributed by atoms with van der Waals surface area (Å²) in [6, 6.07) is 13.2. The summed E-state index contributed by atoms with van der Waals surface area (Å²) in [5.74, 6) is -0.924. The van der Waals surface area contributed by atoms with E-state index in [1.54, 1.807) is 23.5 Å². The first-order valence-corrected chi connectivity index (χ1v) is 6.66. The Hall–Kier alpha value is -2.20. The zero-order valence-electron chi connectivity index (χ0n) is 10.3. The molecule has 0 unspecified atom stereocenters. The van der Waals surface area contributed by atoms with Crippen molar-refractivity contribution in [1.82, 2.24) is 4.98 Å². The number of hydrogen-bond donors (Lipinski definition) is 1. The van der Waals surface area contributed by atoms with Crippen molar-refractivity contribution in [3.63, 3.8) is 0 Å². The summed E-state index contributed by atoms with van der Waals surface area (Å²) in [7, 11) is 0. The monoisotopic (exact) mass is 269 g/mol. The molecule has 3 nitrogen and oxygen atoms in total. The molecule has 0 aliphatic rings. The van der Waals surface area contributed by atoms with Crippen LogP contribution in [-0.2, 0) is 0 Å². The minimum Gasteiger partial charge on any atom is -0.478 e. The molecule has 4 heteroatoms. The SMILES string of the molecule is Cc1ccc(-c2nc3cc(C(=O)O)ccc3s2)cc1. The van der Waals surface area contributed by atoms with Crippen LogP contribution in [-0.4, -0.2) is 16.1 Å². The van der Waals surface area contributed by atoms with Gasteiger partial charge in [0.05, 0.1) is 15.8 Å². The van der Waals surface area contributed by atoms with Gasteiger partial charge >= 0.3 is 5.97 Å². The predicted molar refractivity (Wildman–Crippen MR) is 76.8 cm³/mol. The summed E-state index contributed by atoms with van der Waals surface area (Å²) < 4.78 is 1.00. The average molecular weight is 269 g/mol. The number of aryl methyl sites for hydroxylation is 1. The lowest BCUT2D eigenvalue weighted by Crippen LogP contribution is -1.94. The van der Waals surface area contributed by atoms with Crippen LogP contribution in [0.4, 0.5) is 0 Å². The molecule has 2 aromatic carbocycles. The standard InChI is InChI=1S/C15H11NO2S/c1-9-2-4-10(5-3-9)14-16-12-8-11(15(17)18)6-7-13(12)19-14/h2-8H,1H3,(H,17,18). The summed E-state index contributed by atoms with van der Waals surface area (Å²) >= 11 is 1.57. The lowest BCUT2D eigenvalue weighted by atomic mass is 10.2. The molecule has 0 radical (unpaired) electrons. The van der Waals surface area contributed by atoms with E-state index in [0.29, 0.717) is 0 Å². The van der Waals surface area contributed by atoms with Crippen molar-refractivity contribution in [3.8, 4) is 10.6 Å². The van der Waals surface area contributed by atoms with Crippen LogP contribution < -0.4 is 0 Å². The van der Waals surface area contributed by atoms with Crippen LogP contribution in [0, 0.1) is 6.92 Å². The molecule has 1 heterocycles. The number of fused-ring (bicyclic) bond motifs is 1. The highest BCUT2D eigenvalue weighted by Crippen LogP contribution is 2.30. The maximum atomic E-state index is 10.9. The number of hydrogen-bond acceptors (Lipinski definition) is 3. The Bertz CT molecular complexity index is 759. The summed E-state index contributed by atoms with van der Waals surface area (Å²) in [4.78, 5) is 15.4. The van der Waals surface area contributed by atoms with Crippen molar-refractivity contribution >= 4 is 27.5 Å². The summed E-state index contributed by atoms with van der Waals surface area (Å²) in [5, 5.41) is 9.89. The molecule has 0 fully saturated rings. The van der Waals surface area contributed by atoms with E-state index in [4.69, 9.17) is 5.11 Å². The maximum absolute atomic E-state index is 10.9. The van der Waals surface area contributed by atoms with Crippen LogP contribution in [0.15, 0.2) is 42.5 Å². The third-order valence-electron chi connectivity index (χ3n) is 2.93. The predicted octanol–water partition coefficient (Wildman–Crippen LogP) is 3.97. The number of thiazole rings is 1. The Kier molecular flexibility index (Phi) is 2.80. The van der Waals surface area contributed by atoms with Gasteiger partial charge in [-0.2, -0.15) is 0 Å². The first kappa shape index (κ1) is 11.9. The first-order valence-electron chi connectivity index (χ1n) is 5.84. The Labute approximate surface area is 114 Å². The van der Waals surface area contributed by atoms with E-state index in [9.17, 15) is 4.79 Å². The molecule has 0 spiro atoms. The molecular weight excluding hydrogens is 258 g/mol. The Morgan fingerprint density at radius 1 is 1.16 bits per heavy atom. The van der Waals surface area contributed by atoms with Gasteiger partial charge in [-0.3, -0.25) is 0 Å².